The molecule has 1 N–H and O–H groups in total. The quantitative estimate of drug-likeness (QED) is 0.0548. The summed E-state index contributed by atoms with van der Waals surface area (Å²) in [6, 6.07) is 18.7. The van der Waals surface area contributed by atoms with Crippen LogP contribution in [0.25, 0.3) is 5.57 Å². The molecule has 4 rings (SSSR count). The molecule has 1 saturated heterocycles. The van der Waals surface area contributed by atoms with E-state index >= 15 is 0 Å². The molecule has 57 heavy (non-hydrogen) atoms. The van der Waals surface area contributed by atoms with Gasteiger partial charge in [0.25, 0.3) is 0 Å². The Hall–Kier alpha value is -2.52. The second kappa shape index (κ2) is 29.7. The summed E-state index contributed by atoms with van der Waals surface area (Å²) in [6.07, 6.45) is 46.5. The molecule has 0 saturated carbocycles. The van der Waals surface area contributed by atoms with Gasteiger partial charge in [-0.15, -0.1) is 0 Å². The number of allylic oxidation sites excluding steroid dienone is 2. The highest BCUT2D eigenvalue weighted by Crippen LogP contribution is 2.60. The van der Waals surface area contributed by atoms with Crippen LogP contribution < -0.4 is 4.74 Å². The van der Waals surface area contributed by atoms with Gasteiger partial charge >= 0.3 is 0 Å². The summed E-state index contributed by atoms with van der Waals surface area (Å²) in [6.45, 7) is 5.34. The van der Waals surface area contributed by atoms with Gasteiger partial charge in [-0.25, -0.2) is 0 Å². The predicted molar refractivity (Wildman–Crippen MR) is 246 cm³/mol. The Morgan fingerprint density at radius 2 is 0.947 bits per heavy atom. The summed E-state index contributed by atoms with van der Waals surface area (Å²) in [7, 11) is 0. The first-order chi connectivity index (χ1) is 28.2. The largest absolute Gasteiger partial charge is 0.494 e. The normalized spacial score (nSPS) is 17.4. The zero-order valence-corrected chi connectivity index (χ0v) is 37.2. The van der Waals surface area contributed by atoms with Crippen LogP contribution >= 0.6 is 0 Å². The SMILES string of the molecule is CCCCCCCCCCCCCCCCCCOc1cccc(C2=CC(CCCCCCCCCCCCCCCCCC)=C3OC3(c3ccccc3)C2O)c1. The monoisotopic (exact) mass is 783 g/mol. The van der Waals surface area contributed by atoms with Crippen molar-refractivity contribution in [3.63, 3.8) is 0 Å². The Bertz CT molecular complexity index is 1360. The molecular weight excluding hydrogens is 697 g/mol. The molecule has 0 bridgehead atoms. The number of hydrogen-bond acceptors (Lipinski definition) is 3. The van der Waals surface area contributed by atoms with Gasteiger partial charge < -0.3 is 14.6 Å². The minimum absolute atomic E-state index is 0.745. The van der Waals surface area contributed by atoms with Crippen LogP contribution in [0.3, 0.4) is 0 Å². The van der Waals surface area contributed by atoms with E-state index in [-0.39, 0.29) is 0 Å². The van der Waals surface area contributed by atoms with Crippen molar-refractivity contribution in [2.45, 2.75) is 237 Å². The second-order valence-electron chi connectivity index (χ2n) is 17.8. The number of fused-ring (bicyclic) bond motifs is 1. The van der Waals surface area contributed by atoms with E-state index < -0.39 is 11.7 Å². The number of rotatable bonds is 37. The molecule has 1 fully saturated rings. The van der Waals surface area contributed by atoms with Gasteiger partial charge in [-0.1, -0.05) is 249 Å². The second-order valence-corrected chi connectivity index (χ2v) is 17.8. The number of epoxide rings is 1. The van der Waals surface area contributed by atoms with Gasteiger partial charge in [0, 0.05) is 5.56 Å². The lowest BCUT2D eigenvalue weighted by molar-refractivity contribution is 0.119. The zero-order valence-electron chi connectivity index (χ0n) is 37.2. The van der Waals surface area contributed by atoms with Crippen molar-refractivity contribution in [2.24, 2.45) is 0 Å². The molecule has 2 aromatic rings. The van der Waals surface area contributed by atoms with Crippen LogP contribution in [0.1, 0.15) is 237 Å². The number of aliphatic hydroxyl groups excluding tert-OH is 1. The van der Waals surface area contributed by atoms with Crippen molar-refractivity contribution < 1.29 is 14.6 Å². The molecule has 0 aromatic heterocycles. The number of aliphatic hydroxyl groups is 1. The summed E-state index contributed by atoms with van der Waals surface area (Å²) in [5.41, 5.74) is 3.50. The van der Waals surface area contributed by atoms with Crippen molar-refractivity contribution >= 4 is 5.57 Å². The maximum Gasteiger partial charge on any atom is 0.220 e. The lowest BCUT2D eigenvalue weighted by Gasteiger charge is -2.25. The van der Waals surface area contributed by atoms with Gasteiger partial charge in [0.1, 0.15) is 11.9 Å². The van der Waals surface area contributed by atoms with E-state index in [4.69, 9.17) is 9.47 Å². The molecule has 2 aromatic carbocycles. The lowest BCUT2D eigenvalue weighted by atomic mass is 9.79. The van der Waals surface area contributed by atoms with E-state index in [1.807, 2.05) is 6.07 Å². The van der Waals surface area contributed by atoms with Crippen LogP contribution in [0.4, 0.5) is 0 Å². The Morgan fingerprint density at radius 3 is 1.42 bits per heavy atom. The van der Waals surface area contributed by atoms with Crippen LogP contribution in [-0.2, 0) is 10.3 Å². The smallest absolute Gasteiger partial charge is 0.220 e. The zero-order chi connectivity index (χ0) is 40.1. The summed E-state index contributed by atoms with van der Waals surface area (Å²) < 4.78 is 12.7. The Morgan fingerprint density at radius 1 is 0.509 bits per heavy atom. The minimum atomic E-state index is -0.764. The molecule has 320 valence electrons. The lowest BCUT2D eigenvalue weighted by Crippen LogP contribution is -2.30. The molecule has 3 heteroatoms. The minimum Gasteiger partial charge on any atom is -0.494 e. The van der Waals surface area contributed by atoms with Gasteiger partial charge in [-0.05, 0) is 54.2 Å². The maximum absolute atomic E-state index is 11.9. The van der Waals surface area contributed by atoms with Crippen LogP contribution in [-0.4, -0.2) is 17.8 Å². The van der Waals surface area contributed by atoms with Crippen molar-refractivity contribution in [1.82, 2.24) is 0 Å². The molecule has 1 aliphatic heterocycles. The van der Waals surface area contributed by atoms with Gasteiger partial charge in [0.15, 0.2) is 5.76 Å². The molecule has 1 heterocycles. The standard InChI is InChI=1S/C54H86O3/c1-3-5-7-9-11-13-15-17-19-21-23-25-27-29-31-34-39-48-46-51(52(55)54(53(48)57-54)49-41-35-33-36-42-49)47-40-38-43-50(45-47)56-44-37-32-30-28-26-24-22-20-18-16-14-12-10-8-6-4-2/h33,35-36,38,40-43,45-46,52,55H,3-32,34,37,39,44H2,1-2H3. The summed E-state index contributed by atoms with van der Waals surface area (Å²) in [5, 5.41) is 11.9. The van der Waals surface area contributed by atoms with E-state index in [1.54, 1.807) is 0 Å². The number of hydrogen-bond donors (Lipinski definition) is 1. The third kappa shape index (κ3) is 17.7. The van der Waals surface area contributed by atoms with Crippen molar-refractivity contribution in [1.29, 1.82) is 0 Å². The first kappa shape index (κ1) is 47.2. The van der Waals surface area contributed by atoms with Gasteiger partial charge in [-0.3, -0.25) is 0 Å². The van der Waals surface area contributed by atoms with Crippen molar-refractivity contribution in [3.8, 4) is 5.75 Å². The first-order valence-electron chi connectivity index (χ1n) is 24.8. The third-order valence-electron chi connectivity index (χ3n) is 12.8. The molecule has 2 atom stereocenters. The number of ether oxygens (including phenoxy) is 2. The van der Waals surface area contributed by atoms with E-state index in [0.29, 0.717) is 0 Å². The molecule has 0 radical (unpaired) electrons. The Balaban J connectivity index is 1.12. The average Bonchev–Trinajstić information content (AvgIpc) is 4.01. The molecule has 2 aliphatic rings. The fourth-order valence-corrected chi connectivity index (χ4v) is 9.10. The molecule has 1 aliphatic carbocycles. The van der Waals surface area contributed by atoms with Crippen LogP contribution in [0.2, 0.25) is 0 Å². The third-order valence-corrected chi connectivity index (χ3v) is 12.8. The van der Waals surface area contributed by atoms with Crippen LogP contribution in [0.15, 0.2) is 72.0 Å². The summed E-state index contributed by atoms with van der Waals surface area (Å²) >= 11 is 0. The molecule has 2 unspecified atom stereocenters. The van der Waals surface area contributed by atoms with E-state index in [1.165, 1.54) is 198 Å². The average molecular weight is 783 g/mol. The first-order valence-corrected chi connectivity index (χ1v) is 24.8. The summed E-state index contributed by atoms with van der Waals surface area (Å²) in [4.78, 5) is 0. The maximum atomic E-state index is 11.9. The Labute approximate surface area is 351 Å². The van der Waals surface area contributed by atoms with Crippen LogP contribution in [0.5, 0.6) is 5.75 Å². The number of unbranched alkanes of at least 4 members (excludes halogenated alkanes) is 30. The molecule has 3 nitrogen and oxygen atoms in total. The topological polar surface area (TPSA) is 42.0 Å². The van der Waals surface area contributed by atoms with Gasteiger partial charge in [-0.2, -0.15) is 0 Å². The van der Waals surface area contributed by atoms with Crippen LogP contribution in [0, 0.1) is 0 Å². The van der Waals surface area contributed by atoms with E-state index in [9.17, 15) is 5.11 Å². The fourth-order valence-electron chi connectivity index (χ4n) is 9.10. The highest BCUT2D eigenvalue weighted by atomic mass is 16.6. The molecular formula is C54H86O3. The summed E-state index contributed by atoms with van der Waals surface area (Å²) in [5.74, 6) is 1.86. The predicted octanol–water partition coefficient (Wildman–Crippen LogP) is 16.9. The highest BCUT2D eigenvalue weighted by Gasteiger charge is 2.63. The van der Waals surface area contributed by atoms with Crippen molar-refractivity contribution in [3.05, 3.63) is 83.1 Å². The number of benzene rings is 2. The molecule has 0 spiro atoms. The van der Waals surface area contributed by atoms with Crippen molar-refractivity contribution in [2.75, 3.05) is 6.61 Å². The van der Waals surface area contributed by atoms with Gasteiger partial charge in [0.2, 0.25) is 5.60 Å². The highest BCUT2D eigenvalue weighted by molar-refractivity contribution is 5.78. The van der Waals surface area contributed by atoms with E-state index in [2.05, 4.69) is 68.5 Å². The van der Waals surface area contributed by atoms with E-state index in [0.717, 1.165) is 54.1 Å². The Kier molecular flexibility index (Phi) is 24.5. The molecule has 0 amide bonds. The fraction of sp³-hybridized carbons (Fsp3) is 0.704. The van der Waals surface area contributed by atoms with Gasteiger partial charge in [0.05, 0.1) is 6.61 Å².